The van der Waals surface area contributed by atoms with Crippen LogP contribution in [0.1, 0.15) is 117 Å². The van der Waals surface area contributed by atoms with Gasteiger partial charge < -0.3 is 13.8 Å². The number of alkyl halides is 21. The summed E-state index contributed by atoms with van der Waals surface area (Å²) in [5.41, 5.74) is -18.7. The van der Waals surface area contributed by atoms with Crippen LogP contribution in [0, 0.1) is 0 Å². The minimum absolute atomic E-state index is 0.00543. The van der Waals surface area contributed by atoms with Crippen molar-refractivity contribution in [1.82, 2.24) is 17.4 Å². The van der Waals surface area contributed by atoms with Gasteiger partial charge in [-0.15, -0.1) is 0 Å². The number of fused-ring (bicyclic) bond motifs is 2. The van der Waals surface area contributed by atoms with E-state index in [-0.39, 0.29) is 72.4 Å². The van der Waals surface area contributed by atoms with Crippen LogP contribution in [0.4, 0.5) is 92.2 Å². The third-order valence-electron chi connectivity index (χ3n) is 11.8. The van der Waals surface area contributed by atoms with Gasteiger partial charge >= 0.3 is 60.1 Å². The van der Waals surface area contributed by atoms with Gasteiger partial charge in [0.1, 0.15) is 0 Å². The Labute approximate surface area is 418 Å². The van der Waals surface area contributed by atoms with E-state index in [2.05, 4.69) is 0 Å². The Morgan fingerprint density at radius 1 is 0.382 bits per heavy atom. The summed E-state index contributed by atoms with van der Waals surface area (Å²) in [6.07, 6.45) is -40.1. The average Bonchev–Trinajstić information content (AvgIpc) is 4.05. The molecule has 0 saturated heterocycles. The number of aromatic nitrogens is 4. The van der Waals surface area contributed by atoms with Crippen molar-refractivity contribution in [3.05, 3.63) is 141 Å². The number of nitrogens with zero attached hydrogens (tertiary/aromatic N) is 4. The van der Waals surface area contributed by atoms with Gasteiger partial charge in [0.25, 0.3) is 0 Å². The Hall–Kier alpha value is -5.65. The van der Waals surface area contributed by atoms with Crippen LogP contribution in [0.3, 0.4) is 0 Å². The van der Waals surface area contributed by atoms with Crippen LogP contribution in [0.5, 0.6) is 23.0 Å². The van der Waals surface area contributed by atoms with Gasteiger partial charge in [-0.2, -0.15) is 92.2 Å². The van der Waals surface area contributed by atoms with Crippen molar-refractivity contribution in [2.24, 2.45) is 0 Å². The molecule has 0 fully saturated rings. The van der Waals surface area contributed by atoms with Gasteiger partial charge in [0, 0.05) is 66.1 Å². The molecule has 0 bridgehead atoms. The zero-order chi connectivity index (χ0) is 57.4. The van der Waals surface area contributed by atoms with Crippen molar-refractivity contribution in [2.45, 2.75) is 115 Å². The molecule has 4 aromatic heterocycles. The Bertz CT molecular complexity index is 3000. The topological polar surface area (TPSA) is 47.4 Å². The molecule has 6 aromatic rings. The number of rotatable bonds is 8. The average molecular weight is 1150 g/mol. The third kappa shape index (κ3) is 11.3. The lowest BCUT2D eigenvalue weighted by Crippen LogP contribution is -2.27. The fourth-order valence-corrected chi connectivity index (χ4v) is 11.0. The Morgan fingerprint density at radius 3 is 0.895 bits per heavy atom. The lowest BCUT2D eigenvalue weighted by Gasteiger charge is -2.39. The van der Waals surface area contributed by atoms with Crippen LogP contribution in [0.25, 0.3) is 0 Å². The Morgan fingerprint density at radius 2 is 0.658 bits per heavy atom. The molecular formula is C46H37F21N4O3P2. The number of ether oxygens (including phenoxy) is 1. The predicted molar refractivity (Wildman–Crippen MR) is 232 cm³/mol. The highest BCUT2D eigenvalue weighted by Gasteiger charge is 2.50. The van der Waals surface area contributed by atoms with Crippen molar-refractivity contribution in [3.8, 4) is 23.0 Å². The maximum Gasteiger partial charge on any atom is 0.418 e. The summed E-state index contributed by atoms with van der Waals surface area (Å²) in [7, 11) is -7.25. The van der Waals surface area contributed by atoms with Gasteiger partial charge in [-0.1, -0.05) is 67.5 Å². The summed E-state index contributed by atoms with van der Waals surface area (Å²) in [5, 5.41) is 0. The smallest absolute Gasteiger partial charge is 0.418 e. The molecule has 7 nitrogen and oxygen atoms in total. The Kier molecular flexibility index (Phi) is 13.9. The van der Waals surface area contributed by atoms with Crippen LogP contribution in [0.15, 0.2) is 79.9 Å². The van der Waals surface area contributed by atoms with E-state index in [0.717, 1.165) is 12.1 Å². The van der Waals surface area contributed by atoms with Gasteiger partial charge in [0.15, 0.2) is 23.0 Å². The zero-order valence-corrected chi connectivity index (χ0v) is 41.6. The molecule has 0 aliphatic carbocycles. The van der Waals surface area contributed by atoms with Crippen LogP contribution in [0.2, 0.25) is 0 Å². The fraction of sp³-hybridized carbons (Fsp3) is 0.391. The molecule has 0 spiro atoms. The van der Waals surface area contributed by atoms with Gasteiger partial charge in [-0.25, -0.2) is 0 Å². The van der Waals surface area contributed by atoms with Crippen molar-refractivity contribution in [2.75, 3.05) is 0 Å². The molecule has 2 aromatic carbocycles. The first-order chi connectivity index (χ1) is 34.1. The maximum atomic E-state index is 14.3. The standard InChI is InChI=1S/C46H37F21N4O3P2/c1-37(2,3)23-11-25-35(33(13-23)73-75(68-10-9-22(15-68)40(47,48)49)69-16-27(41(50,51)52)28(17-69)42(53,54)55)72-36-26(39(25,7)8)12-24(38(4,5)6)14-34(36)74-76(70-18-29(43(56,57)58)30(19-70)44(59,60)61)71-20-31(45(62,63)64)32(21-71)46(65,66)67/h9-21H,1-8H3. The fourth-order valence-electron chi connectivity index (χ4n) is 7.83. The van der Waals surface area contributed by atoms with E-state index >= 15 is 0 Å². The van der Waals surface area contributed by atoms with Crippen molar-refractivity contribution in [1.29, 1.82) is 0 Å². The van der Waals surface area contributed by atoms with Gasteiger partial charge in [-0.05, 0) is 40.2 Å². The van der Waals surface area contributed by atoms with Gasteiger partial charge in [0.2, 0.25) is 0 Å². The molecule has 1 atom stereocenters. The van der Waals surface area contributed by atoms with E-state index in [1.54, 1.807) is 41.5 Å². The predicted octanol–water partition coefficient (Wildman–Crippen LogP) is 18.5. The number of halogens is 21. The second-order valence-corrected chi connectivity index (χ2v) is 23.0. The van der Waals surface area contributed by atoms with Gasteiger partial charge in [0.05, 0.1) is 38.9 Å². The summed E-state index contributed by atoms with van der Waals surface area (Å²) in [4.78, 5) is 0. The van der Waals surface area contributed by atoms with Crippen molar-refractivity contribution in [3.63, 3.8) is 0 Å². The molecule has 1 aliphatic rings. The summed E-state index contributed by atoms with van der Waals surface area (Å²) in [6, 6.07) is 5.63. The van der Waals surface area contributed by atoms with Crippen LogP contribution >= 0.6 is 16.9 Å². The van der Waals surface area contributed by atoms with E-state index in [4.69, 9.17) is 13.8 Å². The first kappa shape index (κ1) is 58.0. The first-order valence-corrected chi connectivity index (χ1v) is 23.8. The highest BCUT2D eigenvalue weighted by atomic mass is 31.2. The van der Waals surface area contributed by atoms with E-state index in [1.165, 1.54) is 26.0 Å². The second kappa shape index (κ2) is 18.2. The maximum absolute atomic E-state index is 14.3. The molecule has 1 aliphatic heterocycles. The first-order valence-electron chi connectivity index (χ1n) is 21.5. The zero-order valence-electron chi connectivity index (χ0n) is 39.9. The molecule has 0 radical (unpaired) electrons. The van der Waals surface area contributed by atoms with Crippen LogP contribution < -0.4 is 13.8 Å². The second-order valence-electron chi connectivity index (χ2n) is 19.8. The normalized spacial score (nSPS) is 15.4. The molecule has 1 unspecified atom stereocenters. The van der Waals surface area contributed by atoms with E-state index in [0.29, 0.717) is 22.8 Å². The molecule has 5 heterocycles. The summed E-state index contributed by atoms with van der Waals surface area (Å²) < 4.78 is 318. The highest BCUT2D eigenvalue weighted by molar-refractivity contribution is 7.50. The molecule has 76 heavy (non-hydrogen) atoms. The lowest BCUT2D eigenvalue weighted by molar-refractivity contribution is -0.161. The van der Waals surface area contributed by atoms with Crippen LogP contribution in [-0.4, -0.2) is 17.4 Å². The molecule has 0 amide bonds. The highest BCUT2D eigenvalue weighted by Crippen LogP contribution is 2.61. The monoisotopic (exact) mass is 1150 g/mol. The van der Waals surface area contributed by atoms with Crippen molar-refractivity contribution >= 4 is 16.9 Å². The SMILES string of the molecule is CC(C)(C)c1cc(OP(n2ccc(C(F)(F)F)c2)n2cc(C(F)(F)F)c(C(F)(F)F)c2)c2c(c1)C(C)(C)c1cc(C(C)(C)C)cc(OP(n3cc(C(F)(F)F)c(C(F)(F)F)c3)n3cc(C(F)(F)F)c(C(F)(F)F)c3)c1O2. The van der Waals surface area contributed by atoms with Crippen LogP contribution in [-0.2, 0) is 59.5 Å². The minimum Gasteiger partial charge on any atom is -0.449 e. The molecule has 0 N–H and O–H groups in total. The van der Waals surface area contributed by atoms with E-state index < -0.39 is 138 Å². The molecule has 7 rings (SSSR count). The lowest BCUT2D eigenvalue weighted by atomic mass is 9.72. The Balaban J connectivity index is 1.53. The quantitative estimate of drug-likeness (QED) is 0.113. The summed E-state index contributed by atoms with van der Waals surface area (Å²) in [6.45, 7) is 12.7. The number of hydrogen-bond donors (Lipinski definition) is 0. The number of hydrogen-bond acceptors (Lipinski definition) is 3. The largest absolute Gasteiger partial charge is 0.449 e. The third-order valence-corrected chi connectivity index (χ3v) is 15.1. The molecule has 416 valence electrons. The van der Waals surface area contributed by atoms with Gasteiger partial charge in [-0.3, -0.25) is 17.4 Å². The summed E-state index contributed by atoms with van der Waals surface area (Å²) in [5.74, 6) is -2.53. The van der Waals surface area contributed by atoms with Crippen molar-refractivity contribution < 1.29 is 106 Å². The van der Waals surface area contributed by atoms with E-state index in [1.807, 2.05) is 0 Å². The minimum atomic E-state index is -5.84. The molecule has 30 heteroatoms. The molecular weight excluding hydrogens is 1120 g/mol. The molecule has 0 saturated carbocycles. The number of benzene rings is 2. The summed E-state index contributed by atoms with van der Waals surface area (Å²) >= 11 is 0. The van der Waals surface area contributed by atoms with E-state index in [9.17, 15) is 92.2 Å².